The van der Waals surface area contributed by atoms with Gasteiger partial charge < -0.3 is 5.11 Å². The lowest BCUT2D eigenvalue weighted by Gasteiger charge is -2.46. The lowest BCUT2D eigenvalue weighted by atomic mass is 9.59. The summed E-state index contributed by atoms with van der Waals surface area (Å²) in [6.07, 6.45) is 7.73. The minimum atomic E-state index is -0.114. The first-order valence-electron chi connectivity index (χ1n) is 6.52. The minimum absolute atomic E-state index is 0.114. The monoisotopic (exact) mass is 220 g/mol. The van der Waals surface area contributed by atoms with Crippen LogP contribution in [0.4, 0.5) is 0 Å². The van der Waals surface area contributed by atoms with Gasteiger partial charge in [-0.25, -0.2) is 0 Å². The molecule has 0 radical (unpaired) electrons. The second-order valence-electron chi connectivity index (χ2n) is 6.04. The molecule has 1 N–H and O–H groups in total. The molecular weight excluding hydrogens is 200 g/mol. The fraction of sp³-hybridized carbons (Fsp3) is 0.786. The predicted molar refractivity (Wildman–Crippen MR) is 61.9 cm³/mol. The Balaban J connectivity index is 1.93. The molecule has 0 unspecified atom stereocenters. The molecule has 0 aromatic heterocycles. The molecule has 2 nitrogen and oxygen atoms in total. The molecule has 0 saturated heterocycles. The van der Waals surface area contributed by atoms with Gasteiger partial charge in [0.2, 0.25) is 0 Å². The highest BCUT2D eigenvalue weighted by Gasteiger charge is 2.52. The van der Waals surface area contributed by atoms with Crippen LogP contribution in [0.3, 0.4) is 0 Å². The van der Waals surface area contributed by atoms with Crippen LogP contribution in [0, 0.1) is 17.3 Å². The fourth-order valence-corrected chi connectivity index (χ4v) is 4.26. The SMILES string of the molecule is C[C@]12CCC3=CC(=O)CC[C@@H]3[C@@H]1CC[C@@H]2O. The Labute approximate surface area is 96.7 Å². The second kappa shape index (κ2) is 3.43. The molecule has 0 bridgehead atoms. The van der Waals surface area contributed by atoms with E-state index in [1.54, 1.807) is 0 Å². The summed E-state index contributed by atoms with van der Waals surface area (Å²) in [6.45, 7) is 2.25. The van der Waals surface area contributed by atoms with Gasteiger partial charge in [-0.1, -0.05) is 12.5 Å². The third-order valence-corrected chi connectivity index (χ3v) is 5.32. The Morgan fingerprint density at radius 1 is 1.31 bits per heavy atom. The van der Waals surface area contributed by atoms with Crippen molar-refractivity contribution < 1.29 is 9.90 Å². The van der Waals surface area contributed by atoms with Crippen molar-refractivity contribution in [3.8, 4) is 0 Å². The van der Waals surface area contributed by atoms with E-state index >= 15 is 0 Å². The average molecular weight is 220 g/mol. The summed E-state index contributed by atoms with van der Waals surface area (Å²) in [4.78, 5) is 11.4. The van der Waals surface area contributed by atoms with Crippen LogP contribution in [-0.4, -0.2) is 17.0 Å². The largest absolute Gasteiger partial charge is 0.393 e. The van der Waals surface area contributed by atoms with Crippen LogP contribution >= 0.6 is 0 Å². The van der Waals surface area contributed by atoms with Crippen molar-refractivity contribution >= 4 is 5.78 Å². The molecule has 4 atom stereocenters. The third-order valence-electron chi connectivity index (χ3n) is 5.32. The van der Waals surface area contributed by atoms with Gasteiger partial charge in [0, 0.05) is 6.42 Å². The van der Waals surface area contributed by atoms with Crippen molar-refractivity contribution in [3.05, 3.63) is 11.6 Å². The first-order chi connectivity index (χ1) is 7.61. The molecule has 0 heterocycles. The Morgan fingerprint density at radius 2 is 2.12 bits per heavy atom. The summed E-state index contributed by atoms with van der Waals surface area (Å²) in [5.74, 6) is 1.53. The van der Waals surface area contributed by atoms with Crippen molar-refractivity contribution in [1.29, 1.82) is 0 Å². The van der Waals surface area contributed by atoms with Gasteiger partial charge in [0.05, 0.1) is 6.10 Å². The smallest absolute Gasteiger partial charge is 0.155 e. The van der Waals surface area contributed by atoms with Gasteiger partial charge in [0.25, 0.3) is 0 Å². The van der Waals surface area contributed by atoms with E-state index in [1.807, 2.05) is 6.08 Å². The Kier molecular flexibility index (Phi) is 2.25. The van der Waals surface area contributed by atoms with Crippen LogP contribution in [0.1, 0.15) is 45.4 Å². The van der Waals surface area contributed by atoms with Crippen LogP contribution in [0.2, 0.25) is 0 Å². The molecule has 2 heteroatoms. The second-order valence-corrected chi connectivity index (χ2v) is 6.04. The molecule has 3 rings (SSSR count). The third kappa shape index (κ3) is 1.32. The van der Waals surface area contributed by atoms with Crippen LogP contribution in [0.5, 0.6) is 0 Å². The lowest BCUT2D eigenvalue weighted by Crippen LogP contribution is -2.41. The standard InChI is InChI=1S/C14H20O2/c1-14-7-6-9-8-10(15)2-3-11(9)12(14)4-5-13(14)16/h8,11-13,16H,2-7H2,1H3/t11-,12-,13-,14-/m0/s1. The van der Waals surface area contributed by atoms with Crippen LogP contribution < -0.4 is 0 Å². The first-order valence-corrected chi connectivity index (χ1v) is 6.52. The minimum Gasteiger partial charge on any atom is -0.393 e. The van der Waals surface area contributed by atoms with Gasteiger partial charge in [-0.3, -0.25) is 4.79 Å². The number of carbonyl (C=O) groups excluding carboxylic acids is 1. The molecule has 2 fully saturated rings. The zero-order valence-corrected chi connectivity index (χ0v) is 9.91. The van der Waals surface area contributed by atoms with Crippen LogP contribution in [0.25, 0.3) is 0 Å². The predicted octanol–water partition coefficient (Wildman–Crippen LogP) is 2.46. The Morgan fingerprint density at radius 3 is 2.94 bits per heavy atom. The number of hydrogen-bond acceptors (Lipinski definition) is 2. The van der Waals surface area contributed by atoms with E-state index in [9.17, 15) is 9.90 Å². The van der Waals surface area contributed by atoms with E-state index in [2.05, 4.69) is 6.92 Å². The number of allylic oxidation sites excluding steroid dienone is 2. The van der Waals surface area contributed by atoms with Gasteiger partial charge in [0.15, 0.2) is 5.78 Å². The summed E-state index contributed by atoms with van der Waals surface area (Å²) in [7, 11) is 0. The summed E-state index contributed by atoms with van der Waals surface area (Å²) in [5, 5.41) is 10.1. The van der Waals surface area contributed by atoms with E-state index in [4.69, 9.17) is 0 Å². The maximum absolute atomic E-state index is 11.4. The molecule has 0 amide bonds. The number of aliphatic hydroxyl groups is 1. The molecule has 88 valence electrons. The molecule has 3 aliphatic rings. The van der Waals surface area contributed by atoms with E-state index in [-0.39, 0.29) is 11.5 Å². The van der Waals surface area contributed by atoms with E-state index in [0.717, 1.165) is 38.5 Å². The highest BCUT2D eigenvalue weighted by Crippen LogP contribution is 2.57. The zero-order chi connectivity index (χ0) is 11.3. The quantitative estimate of drug-likeness (QED) is 0.681. The van der Waals surface area contributed by atoms with E-state index < -0.39 is 0 Å². The fourth-order valence-electron chi connectivity index (χ4n) is 4.26. The molecular formula is C14H20O2. The molecule has 16 heavy (non-hydrogen) atoms. The maximum atomic E-state index is 11.4. The van der Waals surface area contributed by atoms with Crippen molar-refractivity contribution in [2.75, 3.05) is 0 Å². The molecule has 0 aromatic rings. The van der Waals surface area contributed by atoms with Crippen LogP contribution in [-0.2, 0) is 4.79 Å². The Hall–Kier alpha value is -0.630. The molecule has 0 aliphatic heterocycles. The number of carbonyl (C=O) groups is 1. The highest BCUT2D eigenvalue weighted by atomic mass is 16.3. The topological polar surface area (TPSA) is 37.3 Å². The van der Waals surface area contributed by atoms with E-state index in [1.165, 1.54) is 5.57 Å². The zero-order valence-electron chi connectivity index (χ0n) is 9.91. The lowest BCUT2D eigenvalue weighted by molar-refractivity contribution is -0.115. The number of hydrogen-bond donors (Lipinski definition) is 1. The number of fused-ring (bicyclic) bond motifs is 3. The van der Waals surface area contributed by atoms with Crippen molar-refractivity contribution in [1.82, 2.24) is 0 Å². The van der Waals surface area contributed by atoms with E-state index in [0.29, 0.717) is 17.6 Å². The molecule has 2 saturated carbocycles. The highest BCUT2D eigenvalue weighted by molar-refractivity contribution is 5.91. The summed E-state index contributed by atoms with van der Waals surface area (Å²) in [5.41, 5.74) is 1.51. The first kappa shape index (κ1) is 10.5. The molecule has 0 spiro atoms. The van der Waals surface area contributed by atoms with Crippen molar-refractivity contribution in [2.24, 2.45) is 17.3 Å². The van der Waals surface area contributed by atoms with Gasteiger partial charge in [-0.15, -0.1) is 0 Å². The van der Waals surface area contributed by atoms with Gasteiger partial charge in [-0.05, 0) is 55.4 Å². The van der Waals surface area contributed by atoms with Crippen molar-refractivity contribution in [3.63, 3.8) is 0 Å². The number of ketones is 1. The molecule has 0 aromatic carbocycles. The number of rotatable bonds is 0. The van der Waals surface area contributed by atoms with Crippen molar-refractivity contribution in [2.45, 2.75) is 51.6 Å². The summed E-state index contributed by atoms with van der Waals surface area (Å²) in [6, 6.07) is 0. The van der Waals surface area contributed by atoms with Gasteiger partial charge >= 0.3 is 0 Å². The number of aliphatic hydroxyl groups excluding tert-OH is 1. The maximum Gasteiger partial charge on any atom is 0.155 e. The Bertz CT molecular complexity index is 358. The van der Waals surface area contributed by atoms with Crippen LogP contribution in [0.15, 0.2) is 11.6 Å². The summed E-state index contributed by atoms with van der Waals surface area (Å²) >= 11 is 0. The summed E-state index contributed by atoms with van der Waals surface area (Å²) < 4.78 is 0. The average Bonchev–Trinajstić information content (AvgIpc) is 2.56. The molecule has 3 aliphatic carbocycles. The normalized spacial score (nSPS) is 47.2. The van der Waals surface area contributed by atoms with Gasteiger partial charge in [0.1, 0.15) is 0 Å². The van der Waals surface area contributed by atoms with Gasteiger partial charge in [-0.2, -0.15) is 0 Å².